The van der Waals surface area contributed by atoms with E-state index in [-0.39, 0.29) is 23.7 Å². The molecule has 0 aliphatic carbocycles. The molecule has 224 valence electrons. The standard InChI is InChI=1S/C38H26F2N4O2/c1-4-43(29-14-8-5-11-23(29)21(2)22(3)45)36-27(19-41)35(40)37(28(20-42)34(36)39)44-30-15-9-6-13-26(30)33-31(44)18-17-25-24-12-7-10-16-32(24)46-38(25)33/h5-18,21,45H,3-4H2,1-2H3. The number of halogens is 2. The number of allylic oxidation sites excluding steroid dienone is 1. The number of furan rings is 1. The molecule has 1 unspecified atom stereocenters. The number of nitriles is 2. The van der Waals surface area contributed by atoms with Crippen LogP contribution in [0.3, 0.4) is 0 Å². The van der Waals surface area contributed by atoms with Crippen molar-refractivity contribution in [1.82, 2.24) is 4.57 Å². The van der Waals surface area contributed by atoms with Gasteiger partial charge >= 0.3 is 0 Å². The van der Waals surface area contributed by atoms with Crippen molar-refractivity contribution >= 4 is 55.1 Å². The third-order valence-electron chi connectivity index (χ3n) is 8.74. The maximum atomic E-state index is 17.0. The molecule has 0 saturated heterocycles. The normalized spacial score (nSPS) is 12.0. The highest BCUT2D eigenvalue weighted by Gasteiger charge is 2.32. The summed E-state index contributed by atoms with van der Waals surface area (Å²) in [6.07, 6.45) is 0. The summed E-state index contributed by atoms with van der Waals surface area (Å²) >= 11 is 0. The largest absolute Gasteiger partial charge is 0.512 e. The fourth-order valence-corrected chi connectivity index (χ4v) is 6.54. The number of anilines is 2. The predicted molar refractivity (Wildman–Crippen MR) is 177 cm³/mol. The van der Waals surface area contributed by atoms with Crippen LogP contribution < -0.4 is 4.90 Å². The van der Waals surface area contributed by atoms with Gasteiger partial charge in [0.15, 0.2) is 11.6 Å². The first-order chi connectivity index (χ1) is 22.3. The molecule has 2 aromatic heterocycles. The molecule has 0 aliphatic rings. The summed E-state index contributed by atoms with van der Waals surface area (Å²) in [5.74, 6) is -2.70. The minimum absolute atomic E-state index is 0.103. The lowest BCUT2D eigenvalue weighted by Gasteiger charge is -2.29. The van der Waals surface area contributed by atoms with Crippen LogP contribution in [0.15, 0.2) is 102 Å². The third-order valence-corrected chi connectivity index (χ3v) is 8.74. The molecule has 46 heavy (non-hydrogen) atoms. The summed E-state index contributed by atoms with van der Waals surface area (Å²) in [7, 11) is 0. The summed E-state index contributed by atoms with van der Waals surface area (Å²) in [5.41, 5.74) is 1.52. The van der Waals surface area contributed by atoms with Gasteiger partial charge in [-0.25, -0.2) is 8.78 Å². The lowest BCUT2D eigenvalue weighted by atomic mass is 9.96. The van der Waals surface area contributed by atoms with E-state index in [2.05, 4.69) is 6.58 Å². The molecule has 1 atom stereocenters. The first-order valence-corrected chi connectivity index (χ1v) is 14.7. The van der Waals surface area contributed by atoms with E-state index in [1.165, 1.54) is 9.47 Å². The lowest BCUT2D eigenvalue weighted by Crippen LogP contribution is -2.23. The van der Waals surface area contributed by atoms with Crippen LogP contribution in [0.4, 0.5) is 20.2 Å². The van der Waals surface area contributed by atoms with Crippen molar-refractivity contribution in [3.63, 3.8) is 0 Å². The Morgan fingerprint density at radius 2 is 1.54 bits per heavy atom. The molecule has 6 nitrogen and oxygen atoms in total. The van der Waals surface area contributed by atoms with Crippen LogP contribution >= 0.6 is 0 Å². The molecule has 0 fully saturated rings. The molecule has 8 heteroatoms. The van der Waals surface area contributed by atoms with Gasteiger partial charge in [-0.05, 0) is 42.8 Å². The molecule has 0 radical (unpaired) electrons. The van der Waals surface area contributed by atoms with Crippen LogP contribution in [0.25, 0.3) is 49.4 Å². The Balaban J connectivity index is 1.57. The van der Waals surface area contributed by atoms with Crippen molar-refractivity contribution in [3.8, 4) is 17.8 Å². The van der Waals surface area contributed by atoms with Crippen LogP contribution in [0.5, 0.6) is 0 Å². The van der Waals surface area contributed by atoms with Crippen molar-refractivity contribution in [2.75, 3.05) is 11.4 Å². The number of hydrogen-bond acceptors (Lipinski definition) is 5. The van der Waals surface area contributed by atoms with Gasteiger partial charge in [-0.3, -0.25) is 0 Å². The van der Waals surface area contributed by atoms with Crippen LogP contribution in [-0.4, -0.2) is 16.2 Å². The Bertz CT molecular complexity index is 2480. The van der Waals surface area contributed by atoms with E-state index in [4.69, 9.17) is 4.42 Å². The highest BCUT2D eigenvalue weighted by Crippen LogP contribution is 2.45. The second kappa shape index (κ2) is 10.8. The SMILES string of the molecule is C=C(O)C(C)c1ccccc1N(CC)c1c(F)c(C#N)c(-n2c3ccccc3c3c4oc5ccccc5c4ccc32)c(F)c1C#N. The molecule has 0 spiro atoms. The summed E-state index contributed by atoms with van der Waals surface area (Å²) in [6.45, 7) is 7.25. The number of nitrogens with zero attached hydrogens (tertiary/aromatic N) is 4. The van der Waals surface area contributed by atoms with Gasteiger partial charge in [0.05, 0.1) is 27.9 Å². The Labute approximate surface area is 262 Å². The number of fused-ring (bicyclic) bond motifs is 7. The second-order valence-corrected chi connectivity index (χ2v) is 11.1. The molecular formula is C38H26F2N4O2. The van der Waals surface area contributed by atoms with Gasteiger partial charge in [0.2, 0.25) is 0 Å². The van der Waals surface area contributed by atoms with E-state index in [1.807, 2.05) is 54.6 Å². The molecular weight excluding hydrogens is 582 g/mol. The molecule has 5 aromatic carbocycles. The molecule has 0 amide bonds. The average molecular weight is 609 g/mol. The molecule has 0 bridgehead atoms. The lowest BCUT2D eigenvalue weighted by molar-refractivity contribution is 0.378. The van der Waals surface area contributed by atoms with Crippen molar-refractivity contribution in [1.29, 1.82) is 10.5 Å². The van der Waals surface area contributed by atoms with Crippen molar-refractivity contribution in [2.45, 2.75) is 19.8 Å². The van der Waals surface area contributed by atoms with Gasteiger partial charge in [-0.1, -0.05) is 68.1 Å². The Morgan fingerprint density at radius 3 is 2.26 bits per heavy atom. The van der Waals surface area contributed by atoms with E-state index >= 15 is 8.78 Å². The fourth-order valence-electron chi connectivity index (χ4n) is 6.54. The zero-order chi connectivity index (χ0) is 32.3. The topological polar surface area (TPSA) is 89.1 Å². The average Bonchev–Trinajstić information content (AvgIpc) is 3.62. The van der Waals surface area contributed by atoms with Crippen LogP contribution in [0.2, 0.25) is 0 Å². The number of aliphatic hydroxyl groups is 1. The van der Waals surface area contributed by atoms with E-state index in [1.54, 1.807) is 56.3 Å². The maximum absolute atomic E-state index is 17.0. The van der Waals surface area contributed by atoms with Gasteiger partial charge in [-0.2, -0.15) is 10.5 Å². The summed E-state index contributed by atoms with van der Waals surface area (Å²) < 4.78 is 41.7. The van der Waals surface area contributed by atoms with Gasteiger partial charge < -0.3 is 19.0 Å². The number of rotatable bonds is 6. The number of benzene rings is 5. The smallest absolute Gasteiger partial charge is 0.168 e. The van der Waals surface area contributed by atoms with Gasteiger partial charge in [0.1, 0.15) is 40.1 Å². The number of para-hydroxylation sites is 3. The van der Waals surface area contributed by atoms with Gasteiger partial charge in [0.25, 0.3) is 0 Å². The van der Waals surface area contributed by atoms with Crippen LogP contribution in [-0.2, 0) is 0 Å². The quantitative estimate of drug-likeness (QED) is 0.190. The zero-order valence-corrected chi connectivity index (χ0v) is 25.0. The number of aromatic nitrogens is 1. The van der Waals surface area contributed by atoms with Gasteiger partial charge in [-0.15, -0.1) is 0 Å². The Morgan fingerprint density at radius 1 is 0.870 bits per heavy atom. The van der Waals surface area contributed by atoms with Crippen molar-refractivity contribution < 1.29 is 18.3 Å². The summed E-state index contributed by atoms with van der Waals surface area (Å²) in [6, 6.07) is 29.3. The maximum Gasteiger partial charge on any atom is 0.168 e. The predicted octanol–water partition coefficient (Wildman–Crippen LogP) is 10.0. The molecule has 1 N–H and O–H groups in total. The Hall–Kier alpha value is -6.12. The highest BCUT2D eigenvalue weighted by atomic mass is 19.1. The fraction of sp³-hybridized carbons (Fsp3) is 0.105. The molecule has 2 heterocycles. The van der Waals surface area contributed by atoms with E-state index in [0.29, 0.717) is 38.8 Å². The summed E-state index contributed by atoms with van der Waals surface area (Å²) in [4.78, 5) is 1.46. The van der Waals surface area contributed by atoms with E-state index in [0.717, 1.165) is 16.2 Å². The van der Waals surface area contributed by atoms with Crippen molar-refractivity contribution in [2.24, 2.45) is 0 Å². The minimum atomic E-state index is -1.03. The van der Waals surface area contributed by atoms with Gasteiger partial charge in [0, 0.05) is 34.3 Å². The monoisotopic (exact) mass is 608 g/mol. The molecule has 7 rings (SSSR count). The van der Waals surface area contributed by atoms with Crippen LogP contribution in [0.1, 0.15) is 36.5 Å². The third kappa shape index (κ3) is 3.97. The second-order valence-electron chi connectivity index (χ2n) is 11.1. The minimum Gasteiger partial charge on any atom is -0.512 e. The highest BCUT2D eigenvalue weighted by molar-refractivity contribution is 6.23. The first-order valence-electron chi connectivity index (χ1n) is 14.7. The van der Waals surface area contributed by atoms with Crippen molar-refractivity contribution in [3.05, 3.63) is 126 Å². The van der Waals surface area contributed by atoms with Crippen LogP contribution in [0, 0.1) is 34.3 Å². The number of aliphatic hydroxyl groups excluding tert-OH is 1. The molecule has 0 saturated carbocycles. The summed E-state index contributed by atoms with van der Waals surface area (Å²) in [5, 5.41) is 34.2. The Kier molecular flexibility index (Phi) is 6.72. The first kappa shape index (κ1) is 28.6. The van der Waals surface area contributed by atoms with E-state index in [9.17, 15) is 15.6 Å². The zero-order valence-electron chi connectivity index (χ0n) is 25.0. The van der Waals surface area contributed by atoms with E-state index < -0.39 is 28.7 Å². The molecule has 0 aliphatic heterocycles. The number of hydrogen-bond donors (Lipinski definition) is 1. The molecule has 7 aromatic rings.